The third-order valence-corrected chi connectivity index (χ3v) is 9.85. The van der Waals surface area contributed by atoms with Gasteiger partial charge < -0.3 is 20.1 Å². The number of nitrogens with one attached hydrogen (secondary N) is 3. The Bertz CT molecular complexity index is 1960. The zero-order valence-electron chi connectivity index (χ0n) is 29.5. The molecule has 0 saturated heterocycles. The number of alkyl carbamates (subject to hydrolysis) is 1. The lowest BCUT2D eigenvalue weighted by atomic mass is 9.95. The van der Waals surface area contributed by atoms with E-state index < -0.39 is 49.2 Å². The van der Waals surface area contributed by atoms with Crippen LogP contribution in [0, 0.1) is 10.1 Å². The van der Waals surface area contributed by atoms with Crippen molar-refractivity contribution >= 4 is 33.4 Å². The van der Waals surface area contributed by atoms with Crippen LogP contribution < -0.4 is 20.1 Å². The number of hydrogen-bond acceptors (Lipinski definition) is 9. The fourth-order valence-electron chi connectivity index (χ4n) is 5.85. The third-order valence-electron chi connectivity index (χ3n) is 8.51. The predicted molar refractivity (Wildman–Crippen MR) is 198 cm³/mol. The minimum Gasteiger partial charge on any atom is -0.489 e. The number of hydrogen-bond donors (Lipinski definition) is 3. The molecule has 2 amide bonds. The van der Waals surface area contributed by atoms with E-state index >= 15 is 0 Å². The lowest BCUT2D eigenvalue weighted by Gasteiger charge is -2.24. The molecule has 13 heteroatoms. The second-order valence-corrected chi connectivity index (χ2v) is 15.5. The standard InChI is InChI=1S/C39H44N4O8S/c1-39(2,3)41-38(45)51-36(24-27-16-20-32(21-17-27)50-26-28-14-18-30(19-15-28)29-10-6-4-7-11-29)37(44)42-52(48,49)33-22-23-34(35(25-33)43(46)47)40-31-12-8-5-9-13-31/h4,6-7,10-11,14-23,25,31,36,40H,5,8-9,12-13,24,26H2,1-3H3,(H,41,45)(H,42,44)/t36-/m0/s1. The molecule has 1 aliphatic carbocycles. The molecule has 0 aromatic heterocycles. The number of anilines is 1. The van der Waals surface area contributed by atoms with Crippen molar-refractivity contribution in [3.8, 4) is 16.9 Å². The summed E-state index contributed by atoms with van der Waals surface area (Å²) in [6.45, 7) is 5.50. The van der Waals surface area contributed by atoms with Crippen LogP contribution in [-0.4, -0.2) is 43.0 Å². The summed E-state index contributed by atoms with van der Waals surface area (Å²) >= 11 is 0. The number of nitro benzene ring substituents is 1. The van der Waals surface area contributed by atoms with E-state index in [0.29, 0.717) is 17.9 Å². The van der Waals surface area contributed by atoms with Crippen LogP contribution in [0.5, 0.6) is 5.75 Å². The van der Waals surface area contributed by atoms with Gasteiger partial charge in [-0.05, 0) is 80.1 Å². The Labute approximate surface area is 304 Å². The maximum Gasteiger partial charge on any atom is 0.408 e. The van der Waals surface area contributed by atoms with Gasteiger partial charge in [0.2, 0.25) is 0 Å². The molecule has 52 heavy (non-hydrogen) atoms. The fraction of sp³-hybridized carbons (Fsp3) is 0.333. The predicted octanol–water partition coefficient (Wildman–Crippen LogP) is 7.53. The summed E-state index contributed by atoms with van der Waals surface area (Å²) < 4.78 is 40.1. The highest BCUT2D eigenvalue weighted by Gasteiger charge is 2.31. The number of ether oxygens (including phenoxy) is 2. The van der Waals surface area contributed by atoms with Crippen LogP contribution in [0.1, 0.15) is 64.0 Å². The Morgan fingerprint density at radius 1 is 0.865 bits per heavy atom. The minimum atomic E-state index is -4.60. The molecule has 0 unspecified atom stereocenters. The summed E-state index contributed by atoms with van der Waals surface area (Å²) in [5, 5.41) is 17.7. The van der Waals surface area contributed by atoms with Crippen molar-refractivity contribution in [2.24, 2.45) is 0 Å². The molecule has 12 nitrogen and oxygen atoms in total. The first-order chi connectivity index (χ1) is 24.8. The summed E-state index contributed by atoms with van der Waals surface area (Å²) in [6, 6.07) is 28.4. The Hall–Kier alpha value is -5.43. The number of rotatable bonds is 13. The van der Waals surface area contributed by atoms with Crippen molar-refractivity contribution in [2.45, 2.75) is 88.5 Å². The maximum absolute atomic E-state index is 13.5. The number of sulfonamides is 1. The number of amides is 2. The largest absolute Gasteiger partial charge is 0.489 e. The van der Waals surface area contributed by atoms with Gasteiger partial charge in [0.15, 0.2) is 6.10 Å². The second-order valence-electron chi connectivity index (χ2n) is 13.9. The van der Waals surface area contributed by atoms with Crippen molar-refractivity contribution in [3.63, 3.8) is 0 Å². The Kier molecular flexibility index (Phi) is 12.2. The van der Waals surface area contributed by atoms with E-state index in [9.17, 15) is 28.1 Å². The maximum atomic E-state index is 13.5. The van der Waals surface area contributed by atoms with E-state index in [1.54, 1.807) is 45.0 Å². The average Bonchev–Trinajstić information content (AvgIpc) is 3.11. The topological polar surface area (TPSA) is 166 Å². The van der Waals surface area contributed by atoms with E-state index in [1.165, 1.54) is 12.1 Å². The second kappa shape index (κ2) is 16.7. The summed E-state index contributed by atoms with van der Waals surface area (Å²) in [5.41, 5.74) is 2.84. The van der Waals surface area contributed by atoms with Crippen molar-refractivity contribution in [2.75, 3.05) is 5.32 Å². The lowest BCUT2D eigenvalue weighted by Crippen LogP contribution is -2.47. The van der Waals surface area contributed by atoms with Crippen LogP contribution in [0.25, 0.3) is 11.1 Å². The van der Waals surface area contributed by atoms with Crippen LogP contribution in [0.4, 0.5) is 16.2 Å². The molecular formula is C39H44N4O8S. The molecule has 4 aromatic rings. The van der Waals surface area contributed by atoms with Crippen LogP contribution in [-0.2, 0) is 32.6 Å². The van der Waals surface area contributed by atoms with Gasteiger partial charge in [-0.15, -0.1) is 0 Å². The van der Waals surface area contributed by atoms with E-state index in [1.807, 2.05) is 59.3 Å². The quantitative estimate of drug-likeness (QED) is 0.0932. The summed E-state index contributed by atoms with van der Waals surface area (Å²) in [4.78, 5) is 37.0. The molecule has 274 valence electrons. The summed E-state index contributed by atoms with van der Waals surface area (Å²) in [7, 11) is -4.60. The number of carbonyl (C=O) groups is 2. The van der Waals surface area contributed by atoms with E-state index in [0.717, 1.165) is 54.9 Å². The van der Waals surface area contributed by atoms with E-state index in [-0.39, 0.29) is 18.2 Å². The Morgan fingerprint density at radius 2 is 1.50 bits per heavy atom. The highest BCUT2D eigenvalue weighted by Crippen LogP contribution is 2.31. The molecule has 5 rings (SSSR count). The van der Waals surface area contributed by atoms with Gasteiger partial charge in [-0.3, -0.25) is 14.9 Å². The molecule has 1 saturated carbocycles. The molecule has 3 N–H and O–H groups in total. The molecule has 0 bridgehead atoms. The van der Waals surface area contributed by atoms with Gasteiger partial charge in [-0.1, -0.05) is 86.0 Å². The Morgan fingerprint density at radius 3 is 2.13 bits per heavy atom. The van der Waals surface area contributed by atoms with Gasteiger partial charge in [-0.25, -0.2) is 17.9 Å². The van der Waals surface area contributed by atoms with Gasteiger partial charge >= 0.3 is 6.09 Å². The third kappa shape index (κ3) is 10.8. The molecule has 0 spiro atoms. The number of nitrogens with zero attached hydrogens (tertiary/aromatic N) is 1. The molecule has 0 radical (unpaired) electrons. The Balaban J connectivity index is 1.26. The van der Waals surface area contributed by atoms with Gasteiger partial charge in [0.1, 0.15) is 18.0 Å². The van der Waals surface area contributed by atoms with Crippen molar-refractivity contribution in [1.29, 1.82) is 0 Å². The molecule has 1 fully saturated rings. The van der Waals surface area contributed by atoms with Crippen LogP contribution in [0.2, 0.25) is 0 Å². The number of carbonyl (C=O) groups excluding carboxylic acids is 2. The molecule has 0 aliphatic heterocycles. The summed E-state index contributed by atoms with van der Waals surface area (Å²) in [6.07, 6.45) is 2.18. The normalized spacial score (nSPS) is 14.1. The zero-order chi connectivity index (χ0) is 37.3. The first-order valence-corrected chi connectivity index (χ1v) is 18.7. The minimum absolute atomic E-state index is 0.0463. The SMILES string of the molecule is CC(C)(C)NC(=O)O[C@@H](Cc1ccc(OCc2ccc(-c3ccccc3)cc2)cc1)C(=O)NS(=O)(=O)c1ccc(NC2CCCCC2)c([N+](=O)[O-])c1. The fourth-order valence-corrected chi connectivity index (χ4v) is 6.88. The van der Waals surface area contributed by atoms with E-state index in [4.69, 9.17) is 9.47 Å². The first kappa shape index (κ1) is 37.8. The van der Waals surface area contributed by atoms with Crippen LogP contribution >= 0.6 is 0 Å². The van der Waals surface area contributed by atoms with Crippen LogP contribution in [0.15, 0.2) is 102 Å². The number of nitro groups is 1. The number of benzene rings is 4. The van der Waals surface area contributed by atoms with Crippen molar-refractivity contribution in [3.05, 3.63) is 118 Å². The smallest absolute Gasteiger partial charge is 0.408 e. The van der Waals surface area contributed by atoms with Gasteiger partial charge in [-0.2, -0.15) is 0 Å². The molecule has 1 aliphatic rings. The molecule has 1 atom stereocenters. The summed E-state index contributed by atoms with van der Waals surface area (Å²) in [5.74, 6) is -0.552. The van der Waals surface area contributed by atoms with Gasteiger partial charge in [0, 0.05) is 24.1 Å². The monoisotopic (exact) mass is 728 g/mol. The van der Waals surface area contributed by atoms with Crippen molar-refractivity contribution in [1.82, 2.24) is 10.0 Å². The lowest BCUT2D eigenvalue weighted by molar-refractivity contribution is -0.384. The highest BCUT2D eigenvalue weighted by atomic mass is 32.2. The molecular weight excluding hydrogens is 685 g/mol. The first-order valence-electron chi connectivity index (χ1n) is 17.2. The van der Waals surface area contributed by atoms with Gasteiger partial charge in [0.05, 0.1) is 9.82 Å². The van der Waals surface area contributed by atoms with Crippen molar-refractivity contribution < 1.29 is 32.4 Å². The zero-order valence-corrected chi connectivity index (χ0v) is 30.3. The average molecular weight is 729 g/mol. The van der Waals surface area contributed by atoms with Gasteiger partial charge in [0.25, 0.3) is 21.6 Å². The molecule has 0 heterocycles. The van der Waals surface area contributed by atoms with E-state index in [2.05, 4.69) is 10.6 Å². The van der Waals surface area contributed by atoms with Crippen LogP contribution in [0.3, 0.4) is 0 Å². The molecule has 4 aromatic carbocycles. The highest BCUT2D eigenvalue weighted by molar-refractivity contribution is 7.90.